The number of allylic oxidation sites excluding steroid dienone is 2. The summed E-state index contributed by atoms with van der Waals surface area (Å²) in [6.07, 6.45) is 1.25. The van der Waals surface area contributed by atoms with Crippen LogP contribution in [0.15, 0.2) is 48.6 Å². The molecule has 2 nitrogen and oxygen atoms in total. The molecule has 20 heavy (non-hydrogen) atoms. The Labute approximate surface area is 119 Å². The van der Waals surface area contributed by atoms with Gasteiger partial charge in [-0.15, -0.1) is 0 Å². The fraction of sp³-hybridized carbons (Fsp3) is 0.222. The first kappa shape index (κ1) is 14.2. The van der Waals surface area contributed by atoms with E-state index in [2.05, 4.69) is 13.2 Å². The van der Waals surface area contributed by atoms with Gasteiger partial charge in [-0.1, -0.05) is 30.4 Å². The molecule has 0 spiro atoms. The zero-order chi connectivity index (χ0) is 14.9. The minimum absolute atomic E-state index is 0.243. The molecule has 0 unspecified atom stereocenters. The summed E-state index contributed by atoms with van der Waals surface area (Å²) >= 11 is 0. The number of hydrogen-bond acceptors (Lipinski definition) is 2. The first-order chi connectivity index (χ1) is 9.38. The van der Waals surface area contributed by atoms with Gasteiger partial charge in [0.05, 0.1) is 0 Å². The molecule has 0 aliphatic rings. The van der Waals surface area contributed by atoms with Crippen molar-refractivity contribution in [3.8, 4) is 11.5 Å². The normalized spacial score (nSPS) is 10.7. The van der Waals surface area contributed by atoms with Crippen LogP contribution >= 0.6 is 0 Å². The van der Waals surface area contributed by atoms with Gasteiger partial charge in [-0.3, -0.25) is 0 Å². The maximum absolute atomic E-state index is 10.2. The molecular weight excluding hydrogens is 248 g/mol. The summed E-state index contributed by atoms with van der Waals surface area (Å²) in [5.74, 6) is 0.488. The maximum atomic E-state index is 10.2. The summed E-state index contributed by atoms with van der Waals surface area (Å²) < 4.78 is 0. The minimum Gasteiger partial charge on any atom is -0.508 e. The van der Waals surface area contributed by atoms with Crippen molar-refractivity contribution in [1.29, 1.82) is 0 Å². The number of phenolic OH excluding ortho intramolecular Hbond substituents is 2. The Balaban J connectivity index is 2.64. The fourth-order valence-corrected chi connectivity index (χ4v) is 2.41. The third-order valence-electron chi connectivity index (χ3n) is 3.28. The molecule has 0 aliphatic carbocycles. The van der Waals surface area contributed by atoms with Crippen LogP contribution in [0.5, 0.6) is 11.5 Å². The summed E-state index contributed by atoms with van der Waals surface area (Å²) in [5, 5.41) is 22.1. The molecule has 2 N–H and O–H groups in total. The van der Waals surface area contributed by atoms with Gasteiger partial charge in [-0.2, -0.15) is 0 Å². The Morgan fingerprint density at radius 3 is 2.20 bits per heavy atom. The molecule has 104 valence electrons. The molecule has 0 atom stereocenters. The number of phenols is 2. The zero-order valence-electron chi connectivity index (χ0n) is 12.0. The lowest BCUT2D eigenvalue weighted by molar-refractivity contribution is 0.468. The first-order valence-corrected chi connectivity index (χ1v) is 6.63. The smallest absolute Gasteiger partial charge is 0.119 e. The molecule has 0 saturated carbocycles. The monoisotopic (exact) mass is 268 g/mol. The summed E-state index contributed by atoms with van der Waals surface area (Å²) in [4.78, 5) is 0. The Kier molecular flexibility index (Phi) is 3.84. The highest BCUT2D eigenvalue weighted by molar-refractivity contribution is 5.90. The van der Waals surface area contributed by atoms with Gasteiger partial charge in [0.25, 0.3) is 0 Å². The lowest BCUT2D eigenvalue weighted by Crippen LogP contribution is -1.92. The van der Waals surface area contributed by atoms with Crippen LogP contribution < -0.4 is 0 Å². The van der Waals surface area contributed by atoms with Gasteiger partial charge < -0.3 is 10.2 Å². The third-order valence-corrected chi connectivity index (χ3v) is 3.28. The highest BCUT2D eigenvalue weighted by Gasteiger charge is 2.11. The van der Waals surface area contributed by atoms with Crippen LogP contribution in [0.4, 0.5) is 0 Å². The van der Waals surface area contributed by atoms with Crippen molar-refractivity contribution in [3.63, 3.8) is 0 Å². The molecule has 2 aromatic carbocycles. The molecule has 2 heteroatoms. The maximum Gasteiger partial charge on any atom is 0.119 e. The van der Waals surface area contributed by atoms with Gasteiger partial charge in [0.1, 0.15) is 11.5 Å². The van der Waals surface area contributed by atoms with Crippen molar-refractivity contribution in [2.24, 2.45) is 0 Å². The minimum atomic E-state index is 0.243. The molecule has 2 rings (SSSR count). The molecule has 0 bridgehead atoms. The number of hydrogen-bond donors (Lipinski definition) is 2. The molecule has 0 aromatic heterocycles. The lowest BCUT2D eigenvalue weighted by Gasteiger charge is -2.12. The quantitative estimate of drug-likeness (QED) is 0.802. The lowest BCUT2D eigenvalue weighted by atomic mass is 9.95. The fourth-order valence-electron chi connectivity index (χ4n) is 2.41. The highest BCUT2D eigenvalue weighted by atomic mass is 16.3. The molecule has 0 fully saturated rings. The SMILES string of the molecule is C=C(C)Cc1cc2ccc(O)c(CC(=C)C)c2cc1O. The Morgan fingerprint density at radius 2 is 1.60 bits per heavy atom. The van der Waals surface area contributed by atoms with Crippen LogP contribution in [0.3, 0.4) is 0 Å². The van der Waals surface area contributed by atoms with E-state index >= 15 is 0 Å². The predicted molar refractivity (Wildman–Crippen MR) is 84.3 cm³/mol. The zero-order valence-corrected chi connectivity index (χ0v) is 12.0. The Morgan fingerprint density at radius 1 is 0.950 bits per heavy atom. The summed E-state index contributed by atoms with van der Waals surface area (Å²) in [7, 11) is 0. The molecule has 0 aliphatic heterocycles. The van der Waals surface area contributed by atoms with E-state index in [4.69, 9.17) is 0 Å². The van der Waals surface area contributed by atoms with Gasteiger partial charge in [0.2, 0.25) is 0 Å². The van der Waals surface area contributed by atoms with E-state index in [0.717, 1.165) is 33.0 Å². The van der Waals surface area contributed by atoms with E-state index in [-0.39, 0.29) is 11.5 Å². The van der Waals surface area contributed by atoms with E-state index < -0.39 is 0 Å². The Hall–Kier alpha value is -2.22. The van der Waals surface area contributed by atoms with Gasteiger partial charge in [-0.05, 0) is 61.2 Å². The second-order valence-corrected chi connectivity index (χ2v) is 5.53. The van der Waals surface area contributed by atoms with Crippen molar-refractivity contribution >= 4 is 10.8 Å². The van der Waals surface area contributed by atoms with Crippen LogP contribution in [-0.2, 0) is 12.8 Å². The standard InChI is InChI=1S/C18H20O2/c1-11(2)7-14-9-13-5-6-17(19)16(8-12(3)4)15(13)10-18(14)20/h5-6,9-10,19-20H,1,3,7-8H2,2,4H3. The van der Waals surface area contributed by atoms with Gasteiger partial charge >= 0.3 is 0 Å². The third kappa shape index (κ3) is 2.85. The van der Waals surface area contributed by atoms with Crippen molar-refractivity contribution in [3.05, 3.63) is 59.7 Å². The summed E-state index contributed by atoms with van der Waals surface area (Å²) in [6, 6.07) is 7.25. The van der Waals surface area contributed by atoms with E-state index in [9.17, 15) is 10.2 Å². The van der Waals surface area contributed by atoms with Gasteiger partial charge in [0.15, 0.2) is 0 Å². The van der Waals surface area contributed by atoms with Crippen LogP contribution in [0.2, 0.25) is 0 Å². The van der Waals surface area contributed by atoms with E-state index in [1.807, 2.05) is 26.0 Å². The topological polar surface area (TPSA) is 40.5 Å². The van der Waals surface area contributed by atoms with Crippen LogP contribution in [0.25, 0.3) is 10.8 Å². The summed E-state index contributed by atoms with van der Waals surface area (Å²) in [5.41, 5.74) is 3.64. The average molecular weight is 268 g/mol. The molecule has 0 heterocycles. The highest BCUT2D eigenvalue weighted by Crippen LogP contribution is 2.34. The van der Waals surface area contributed by atoms with E-state index in [0.29, 0.717) is 12.8 Å². The van der Waals surface area contributed by atoms with Gasteiger partial charge in [-0.25, -0.2) is 0 Å². The van der Waals surface area contributed by atoms with Gasteiger partial charge in [0, 0.05) is 5.56 Å². The van der Waals surface area contributed by atoms with E-state index in [1.165, 1.54) is 0 Å². The van der Waals surface area contributed by atoms with Crippen molar-refractivity contribution in [2.45, 2.75) is 26.7 Å². The number of fused-ring (bicyclic) bond motifs is 1. The molecule has 0 saturated heterocycles. The second-order valence-electron chi connectivity index (χ2n) is 5.53. The second kappa shape index (κ2) is 5.41. The van der Waals surface area contributed by atoms with Crippen LogP contribution in [0.1, 0.15) is 25.0 Å². The average Bonchev–Trinajstić information content (AvgIpc) is 2.34. The van der Waals surface area contributed by atoms with E-state index in [1.54, 1.807) is 12.1 Å². The van der Waals surface area contributed by atoms with Crippen molar-refractivity contribution in [2.75, 3.05) is 0 Å². The predicted octanol–water partition coefficient (Wildman–Crippen LogP) is 4.49. The molecule has 2 aromatic rings. The molecular formula is C18H20O2. The van der Waals surface area contributed by atoms with Crippen molar-refractivity contribution < 1.29 is 10.2 Å². The van der Waals surface area contributed by atoms with Crippen LogP contribution in [0, 0.1) is 0 Å². The number of rotatable bonds is 4. The first-order valence-electron chi connectivity index (χ1n) is 6.63. The molecule has 0 radical (unpaired) electrons. The van der Waals surface area contributed by atoms with Crippen LogP contribution in [-0.4, -0.2) is 10.2 Å². The Bertz CT molecular complexity index is 696. The summed E-state index contributed by atoms with van der Waals surface area (Å²) in [6.45, 7) is 11.6. The largest absolute Gasteiger partial charge is 0.508 e. The van der Waals surface area contributed by atoms with Crippen molar-refractivity contribution in [1.82, 2.24) is 0 Å². The number of aromatic hydroxyl groups is 2. The number of benzene rings is 2. The molecule has 0 amide bonds.